The standard InChI is InChI=1S/C12H24N4O2S/c13-10-3-6-15(7-4-10)12-5-8-16(9-12)19(17,18)14-11-1-2-11/h10-12,14H,1-9,13H2. The second-order valence-corrected chi connectivity index (χ2v) is 7.77. The van der Waals surface area contributed by atoms with Gasteiger partial charge in [0.05, 0.1) is 0 Å². The number of rotatable bonds is 4. The molecule has 1 aliphatic carbocycles. The number of nitrogens with one attached hydrogen (secondary N) is 1. The van der Waals surface area contributed by atoms with Crippen LogP contribution in [0.4, 0.5) is 0 Å². The largest absolute Gasteiger partial charge is 0.328 e. The molecule has 3 aliphatic rings. The third-order valence-electron chi connectivity index (χ3n) is 4.45. The molecule has 1 unspecified atom stereocenters. The molecule has 2 heterocycles. The molecule has 3 fully saturated rings. The molecule has 0 aromatic heterocycles. The van der Waals surface area contributed by atoms with Crippen LogP contribution >= 0.6 is 0 Å². The molecule has 0 radical (unpaired) electrons. The minimum atomic E-state index is -3.25. The van der Waals surface area contributed by atoms with Gasteiger partial charge in [0.1, 0.15) is 0 Å². The first-order valence-electron chi connectivity index (χ1n) is 7.31. The van der Waals surface area contributed by atoms with Crippen molar-refractivity contribution in [1.29, 1.82) is 0 Å². The molecule has 3 rings (SSSR count). The predicted molar refractivity (Wildman–Crippen MR) is 73.8 cm³/mol. The Morgan fingerprint density at radius 2 is 1.68 bits per heavy atom. The predicted octanol–water partition coefficient (Wildman–Crippen LogP) is -0.519. The SMILES string of the molecule is NC1CCN(C2CCN(S(=O)(=O)NC3CC3)C2)CC1. The molecule has 0 bridgehead atoms. The summed E-state index contributed by atoms with van der Waals surface area (Å²) in [5.74, 6) is 0. The normalized spacial score (nSPS) is 31.9. The molecule has 0 spiro atoms. The molecule has 110 valence electrons. The van der Waals surface area contributed by atoms with Crippen LogP contribution in [0, 0.1) is 0 Å². The summed E-state index contributed by atoms with van der Waals surface area (Å²) in [6.45, 7) is 3.30. The van der Waals surface area contributed by atoms with Crippen LogP contribution in [0.5, 0.6) is 0 Å². The highest BCUT2D eigenvalue weighted by Gasteiger charge is 2.37. The molecule has 2 saturated heterocycles. The van der Waals surface area contributed by atoms with Crippen LogP contribution in [0.25, 0.3) is 0 Å². The van der Waals surface area contributed by atoms with E-state index < -0.39 is 10.2 Å². The summed E-state index contributed by atoms with van der Waals surface area (Å²) >= 11 is 0. The second-order valence-electron chi connectivity index (χ2n) is 6.07. The summed E-state index contributed by atoms with van der Waals surface area (Å²) in [6, 6.07) is 0.898. The van der Waals surface area contributed by atoms with Crippen molar-refractivity contribution in [2.75, 3.05) is 26.2 Å². The Kier molecular flexibility index (Phi) is 3.83. The Labute approximate surface area is 115 Å². The van der Waals surface area contributed by atoms with Gasteiger partial charge in [0, 0.05) is 31.2 Å². The van der Waals surface area contributed by atoms with Gasteiger partial charge in [-0.15, -0.1) is 0 Å². The van der Waals surface area contributed by atoms with Crippen LogP contribution in [0.2, 0.25) is 0 Å². The van der Waals surface area contributed by atoms with Gasteiger partial charge >= 0.3 is 0 Å². The first kappa shape index (κ1) is 13.8. The van der Waals surface area contributed by atoms with Crippen LogP contribution in [-0.2, 0) is 10.2 Å². The van der Waals surface area contributed by atoms with Crippen molar-refractivity contribution in [2.24, 2.45) is 5.73 Å². The highest BCUT2D eigenvalue weighted by Crippen LogP contribution is 2.24. The number of likely N-dealkylation sites (tertiary alicyclic amines) is 1. The molecule has 7 heteroatoms. The van der Waals surface area contributed by atoms with E-state index >= 15 is 0 Å². The van der Waals surface area contributed by atoms with Gasteiger partial charge in [-0.1, -0.05) is 0 Å². The van der Waals surface area contributed by atoms with Crippen LogP contribution in [0.3, 0.4) is 0 Å². The maximum atomic E-state index is 12.1. The van der Waals surface area contributed by atoms with Gasteiger partial charge in [-0.2, -0.15) is 17.4 Å². The summed E-state index contributed by atoms with van der Waals surface area (Å²) in [5, 5.41) is 0. The van der Waals surface area contributed by atoms with E-state index in [9.17, 15) is 8.42 Å². The lowest BCUT2D eigenvalue weighted by molar-refractivity contribution is 0.159. The fraction of sp³-hybridized carbons (Fsp3) is 1.00. The zero-order valence-electron chi connectivity index (χ0n) is 11.3. The van der Waals surface area contributed by atoms with E-state index in [4.69, 9.17) is 5.73 Å². The topological polar surface area (TPSA) is 78.7 Å². The van der Waals surface area contributed by atoms with Crippen molar-refractivity contribution in [3.05, 3.63) is 0 Å². The summed E-state index contributed by atoms with van der Waals surface area (Å²) in [4.78, 5) is 2.41. The first-order chi connectivity index (χ1) is 9.04. The number of hydrogen-bond donors (Lipinski definition) is 2. The molecule has 0 aromatic carbocycles. The minimum Gasteiger partial charge on any atom is -0.328 e. The van der Waals surface area contributed by atoms with Crippen molar-refractivity contribution in [2.45, 2.75) is 50.2 Å². The molecule has 19 heavy (non-hydrogen) atoms. The molecule has 0 amide bonds. The second kappa shape index (κ2) is 5.29. The number of piperidine rings is 1. The monoisotopic (exact) mass is 288 g/mol. The summed E-state index contributed by atoms with van der Waals surface area (Å²) in [7, 11) is -3.25. The van der Waals surface area contributed by atoms with Gasteiger partial charge < -0.3 is 5.73 Å². The molecular weight excluding hydrogens is 264 g/mol. The summed E-state index contributed by atoms with van der Waals surface area (Å²) < 4.78 is 28.7. The van der Waals surface area contributed by atoms with Crippen molar-refractivity contribution >= 4 is 10.2 Å². The van der Waals surface area contributed by atoms with Gasteiger partial charge in [0.25, 0.3) is 10.2 Å². The fourth-order valence-corrected chi connectivity index (χ4v) is 4.52. The lowest BCUT2D eigenvalue weighted by atomic mass is 10.0. The minimum absolute atomic E-state index is 0.192. The summed E-state index contributed by atoms with van der Waals surface area (Å²) in [6.07, 6.45) is 4.98. The Hall–Kier alpha value is -0.210. The maximum Gasteiger partial charge on any atom is 0.279 e. The quantitative estimate of drug-likeness (QED) is 0.730. The maximum absolute atomic E-state index is 12.1. The average molecular weight is 288 g/mol. The van der Waals surface area contributed by atoms with Crippen molar-refractivity contribution < 1.29 is 8.42 Å². The average Bonchev–Trinajstić information content (AvgIpc) is 3.02. The Morgan fingerprint density at radius 1 is 1.00 bits per heavy atom. The van der Waals surface area contributed by atoms with Crippen molar-refractivity contribution in [3.63, 3.8) is 0 Å². The zero-order valence-corrected chi connectivity index (χ0v) is 12.1. The molecular formula is C12H24N4O2S. The lowest BCUT2D eigenvalue weighted by Gasteiger charge is -2.34. The molecule has 1 atom stereocenters. The third kappa shape index (κ3) is 3.28. The van der Waals surface area contributed by atoms with Crippen LogP contribution in [0.15, 0.2) is 0 Å². The van der Waals surface area contributed by atoms with Crippen molar-refractivity contribution in [3.8, 4) is 0 Å². The van der Waals surface area contributed by atoms with E-state index in [1.165, 1.54) is 0 Å². The van der Waals surface area contributed by atoms with E-state index in [1.54, 1.807) is 4.31 Å². The smallest absolute Gasteiger partial charge is 0.279 e. The van der Waals surface area contributed by atoms with Crippen LogP contribution in [0.1, 0.15) is 32.1 Å². The lowest BCUT2D eigenvalue weighted by Crippen LogP contribution is -2.47. The molecule has 2 aliphatic heterocycles. The van der Waals surface area contributed by atoms with E-state index in [2.05, 4.69) is 9.62 Å². The molecule has 0 aromatic rings. The van der Waals surface area contributed by atoms with Gasteiger partial charge in [-0.3, -0.25) is 4.90 Å². The zero-order chi connectivity index (χ0) is 13.5. The van der Waals surface area contributed by atoms with E-state index in [1.807, 2.05) is 0 Å². The highest BCUT2D eigenvalue weighted by molar-refractivity contribution is 7.87. The van der Waals surface area contributed by atoms with Gasteiger partial charge in [0.2, 0.25) is 0 Å². The molecule has 3 N–H and O–H groups in total. The molecule has 6 nitrogen and oxygen atoms in total. The number of nitrogens with zero attached hydrogens (tertiary/aromatic N) is 2. The fourth-order valence-electron chi connectivity index (χ4n) is 3.00. The number of hydrogen-bond acceptors (Lipinski definition) is 4. The van der Waals surface area contributed by atoms with E-state index in [0.29, 0.717) is 25.2 Å². The Bertz CT molecular complexity index is 415. The molecule has 1 saturated carbocycles. The van der Waals surface area contributed by atoms with Crippen molar-refractivity contribution in [1.82, 2.24) is 13.9 Å². The third-order valence-corrected chi connectivity index (χ3v) is 6.09. The van der Waals surface area contributed by atoms with Gasteiger partial charge in [-0.05, 0) is 45.2 Å². The number of nitrogens with two attached hydrogens (primary N) is 1. The first-order valence-corrected chi connectivity index (χ1v) is 8.75. The highest BCUT2D eigenvalue weighted by atomic mass is 32.2. The van der Waals surface area contributed by atoms with Crippen LogP contribution < -0.4 is 10.5 Å². The Balaban J connectivity index is 1.54. The van der Waals surface area contributed by atoms with Gasteiger partial charge in [-0.25, -0.2) is 0 Å². The Morgan fingerprint density at radius 3 is 2.32 bits per heavy atom. The van der Waals surface area contributed by atoms with Crippen LogP contribution in [-0.4, -0.2) is 61.9 Å². The summed E-state index contributed by atoms with van der Waals surface area (Å²) in [5.41, 5.74) is 5.91. The van der Waals surface area contributed by atoms with Gasteiger partial charge in [0.15, 0.2) is 0 Å². The van der Waals surface area contributed by atoms with E-state index in [0.717, 1.165) is 45.2 Å². The van der Waals surface area contributed by atoms with E-state index in [-0.39, 0.29) is 6.04 Å².